The van der Waals surface area contributed by atoms with Crippen LogP contribution in [0, 0.1) is 0 Å². The Morgan fingerprint density at radius 1 is 0.788 bits per heavy atom. The fraction of sp³-hybridized carbons (Fsp3) is 0.567. The fourth-order valence-corrected chi connectivity index (χ4v) is 4.75. The van der Waals surface area contributed by atoms with E-state index >= 15 is 0 Å². The van der Waals surface area contributed by atoms with Gasteiger partial charge in [0, 0.05) is 5.92 Å². The van der Waals surface area contributed by atoms with E-state index in [1.165, 1.54) is 69.8 Å². The van der Waals surface area contributed by atoms with Crippen molar-refractivity contribution in [2.45, 2.75) is 103 Å². The van der Waals surface area contributed by atoms with Gasteiger partial charge in [0.05, 0.1) is 6.61 Å². The Hall–Kier alpha value is -2.29. The van der Waals surface area contributed by atoms with Gasteiger partial charge in [0.15, 0.2) is 0 Å². The fourth-order valence-electron chi connectivity index (χ4n) is 4.75. The van der Waals surface area contributed by atoms with Gasteiger partial charge in [-0.3, -0.25) is 0 Å². The highest BCUT2D eigenvalue weighted by molar-refractivity contribution is 5.56. The molecule has 0 radical (unpaired) electrons. The lowest BCUT2D eigenvalue weighted by Gasteiger charge is -2.24. The topological polar surface area (TPSA) is 46.5 Å². The van der Waals surface area contributed by atoms with Crippen molar-refractivity contribution in [3.8, 4) is 0 Å². The van der Waals surface area contributed by atoms with Crippen LogP contribution in [0.15, 0.2) is 48.5 Å². The van der Waals surface area contributed by atoms with Gasteiger partial charge in [-0.1, -0.05) is 107 Å². The van der Waals surface area contributed by atoms with Crippen LogP contribution in [0.4, 0.5) is 4.79 Å². The maximum atomic E-state index is 10.4. The zero-order valence-corrected chi connectivity index (χ0v) is 20.9. The third kappa shape index (κ3) is 10.0. The Morgan fingerprint density at radius 2 is 1.45 bits per heavy atom. The summed E-state index contributed by atoms with van der Waals surface area (Å²) in [7, 11) is 0. The summed E-state index contributed by atoms with van der Waals surface area (Å²) in [5.41, 5.74) is 6.16. The first-order valence-corrected chi connectivity index (χ1v) is 13.2. The molecule has 0 bridgehead atoms. The third-order valence-corrected chi connectivity index (χ3v) is 6.58. The number of carbonyl (C=O) groups is 1. The Bertz CT molecular complexity index is 784. The molecule has 3 heteroatoms. The molecule has 0 aromatic heterocycles. The van der Waals surface area contributed by atoms with Gasteiger partial charge >= 0.3 is 6.16 Å². The van der Waals surface area contributed by atoms with E-state index in [2.05, 4.69) is 67.1 Å². The summed E-state index contributed by atoms with van der Waals surface area (Å²) in [5.74, 6) is 0.462. The molecule has 2 aromatic rings. The molecule has 3 nitrogen and oxygen atoms in total. The van der Waals surface area contributed by atoms with Gasteiger partial charge in [-0.2, -0.15) is 0 Å². The Morgan fingerprint density at radius 3 is 2.15 bits per heavy atom. The zero-order chi connectivity index (χ0) is 23.7. The molecule has 182 valence electrons. The summed E-state index contributed by atoms with van der Waals surface area (Å²) in [6.07, 6.45) is 14.0. The normalized spacial score (nSPS) is 11.9. The molecular formula is C30H44O3. The summed E-state index contributed by atoms with van der Waals surface area (Å²) < 4.78 is 4.59. The van der Waals surface area contributed by atoms with Crippen LogP contribution in [0.2, 0.25) is 0 Å². The second-order valence-corrected chi connectivity index (χ2v) is 9.18. The maximum Gasteiger partial charge on any atom is 0.505 e. The molecule has 0 aliphatic heterocycles. The van der Waals surface area contributed by atoms with E-state index in [4.69, 9.17) is 5.11 Å². The van der Waals surface area contributed by atoms with E-state index in [9.17, 15) is 4.79 Å². The number of carboxylic acid groups (broad SMARTS) is 1. The molecular weight excluding hydrogens is 408 g/mol. The molecule has 2 aromatic carbocycles. The average Bonchev–Trinajstić information content (AvgIpc) is 2.83. The van der Waals surface area contributed by atoms with Crippen LogP contribution < -0.4 is 0 Å². The molecule has 0 amide bonds. The van der Waals surface area contributed by atoms with E-state index in [-0.39, 0.29) is 0 Å². The highest BCUT2D eigenvalue weighted by atomic mass is 16.7. The van der Waals surface area contributed by atoms with Gasteiger partial charge in [0.2, 0.25) is 0 Å². The van der Waals surface area contributed by atoms with Crippen LogP contribution in [0.5, 0.6) is 0 Å². The average molecular weight is 453 g/mol. The Kier molecular flexibility index (Phi) is 13.4. The van der Waals surface area contributed by atoms with E-state index in [1.54, 1.807) is 16.7 Å². The first kappa shape index (κ1) is 27.0. The number of unbranched alkanes of at least 4 members (excludes halogenated alkanes) is 7. The number of benzene rings is 2. The minimum atomic E-state index is -1.17. The van der Waals surface area contributed by atoms with Crippen LogP contribution >= 0.6 is 0 Å². The first-order valence-electron chi connectivity index (χ1n) is 13.2. The van der Waals surface area contributed by atoms with Crippen LogP contribution in [0.1, 0.15) is 113 Å². The van der Waals surface area contributed by atoms with Crippen molar-refractivity contribution in [1.29, 1.82) is 0 Å². The summed E-state index contributed by atoms with van der Waals surface area (Å²) >= 11 is 0. The second-order valence-electron chi connectivity index (χ2n) is 9.18. The van der Waals surface area contributed by atoms with Gasteiger partial charge in [-0.15, -0.1) is 0 Å². The minimum Gasteiger partial charge on any atom is -0.450 e. The lowest BCUT2D eigenvalue weighted by Crippen LogP contribution is -2.08. The molecule has 1 N–H and O–H groups in total. The summed E-state index contributed by atoms with van der Waals surface area (Å²) in [6.45, 7) is 4.89. The molecule has 0 saturated carbocycles. The number of ether oxygens (including phenoxy) is 1. The van der Waals surface area contributed by atoms with Crippen molar-refractivity contribution < 1.29 is 14.6 Å². The second kappa shape index (κ2) is 16.3. The molecule has 0 aliphatic carbocycles. The highest BCUT2D eigenvalue weighted by Crippen LogP contribution is 2.35. The third-order valence-electron chi connectivity index (χ3n) is 6.58. The minimum absolute atomic E-state index is 0.320. The molecule has 2 rings (SSSR count). The van der Waals surface area contributed by atoms with Crippen LogP contribution in [-0.2, 0) is 17.6 Å². The number of hydrogen-bond acceptors (Lipinski definition) is 2. The zero-order valence-electron chi connectivity index (χ0n) is 20.9. The van der Waals surface area contributed by atoms with Crippen molar-refractivity contribution in [3.05, 3.63) is 70.8 Å². The van der Waals surface area contributed by atoms with Gasteiger partial charge in [0.1, 0.15) is 0 Å². The number of rotatable bonds is 17. The lowest BCUT2D eigenvalue weighted by atomic mass is 9.81. The molecule has 0 aliphatic rings. The van der Waals surface area contributed by atoms with E-state index in [0.29, 0.717) is 12.5 Å². The molecule has 1 unspecified atom stereocenters. The maximum absolute atomic E-state index is 10.4. The summed E-state index contributed by atoms with van der Waals surface area (Å²) in [5, 5.41) is 8.53. The SMILES string of the molecule is CCCCc1cccc(C(CCCCCCCCOC(=O)O)c2ccccc2)c1CCCC. The first-order chi connectivity index (χ1) is 16.2. The molecule has 0 fully saturated rings. The van der Waals surface area contributed by atoms with Crippen molar-refractivity contribution in [2.24, 2.45) is 0 Å². The largest absolute Gasteiger partial charge is 0.505 e. The predicted molar refractivity (Wildman–Crippen MR) is 138 cm³/mol. The van der Waals surface area contributed by atoms with Gasteiger partial charge in [-0.05, 0) is 60.8 Å². The van der Waals surface area contributed by atoms with E-state index < -0.39 is 6.16 Å². The van der Waals surface area contributed by atoms with Gasteiger partial charge in [-0.25, -0.2) is 4.79 Å². The Labute approximate surface area is 201 Å². The molecule has 0 spiro atoms. The van der Waals surface area contributed by atoms with E-state index in [0.717, 1.165) is 19.3 Å². The number of aryl methyl sites for hydroxylation is 1. The van der Waals surface area contributed by atoms with Gasteiger partial charge in [0.25, 0.3) is 0 Å². The standard InChI is InChI=1S/C30H44O3/c1-3-5-17-25-20-16-23-29(27(25)21-6-4-2)28(26-18-12-11-13-19-26)22-14-9-7-8-10-15-24-33-30(31)32/h11-13,16,18-20,23,28H,3-10,14-15,17,21-22,24H2,1-2H3,(H,31,32). The van der Waals surface area contributed by atoms with Crippen LogP contribution in [0.3, 0.4) is 0 Å². The smallest absolute Gasteiger partial charge is 0.450 e. The quantitative estimate of drug-likeness (QED) is 0.192. The Balaban J connectivity index is 2.05. The highest BCUT2D eigenvalue weighted by Gasteiger charge is 2.19. The van der Waals surface area contributed by atoms with Crippen molar-refractivity contribution in [1.82, 2.24) is 0 Å². The van der Waals surface area contributed by atoms with Gasteiger partial charge < -0.3 is 9.84 Å². The van der Waals surface area contributed by atoms with Crippen LogP contribution in [-0.4, -0.2) is 17.9 Å². The van der Waals surface area contributed by atoms with Crippen molar-refractivity contribution in [2.75, 3.05) is 6.61 Å². The predicted octanol–water partition coefficient (Wildman–Crippen LogP) is 8.93. The monoisotopic (exact) mass is 452 g/mol. The number of hydrogen-bond donors (Lipinski definition) is 1. The van der Waals surface area contributed by atoms with Crippen molar-refractivity contribution in [3.63, 3.8) is 0 Å². The summed E-state index contributed by atoms with van der Waals surface area (Å²) in [4.78, 5) is 10.4. The van der Waals surface area contributed by atoms with Crippen LogP contribution in [0.25, 0.3) is 0 Å². The summed E-state index contributed by atoms with van der Waals surface area (Å²) in [6, 6.07) is 18.1. The molecule has 33 heavy (non-hydrogen) atoms. The molecule has 0 saturated heterocycles. The lowest BCUT2D eigenvalue weighted by molar-refractivity contribution is 0.0899. The van der Waals surface area contributed by atoms with Crippen molar-refractivity contribution >= 4 is 6.16 Å². The van der Waals surface area contributed by atoms with E-state index in [1.807, 2.05) is 0 Å². The molecule has 1 atom stereocenters. The molecule has 0 heterocycles.